The van der Waals surface area contributed by atoms with Crippen LogP contribution in [0.1, 0.15) is 12.1 Å². The second-order valence-corrected chi connectivity index (χ2v) is 4.13. The summed E-state index contributed by atoms with van der Waals surface area (Å²) in [5.74, 6) is -0.0459. The largest absolute Gasteiger partial charge is 0.435 e. The third-order valence-electron chi connectivity index (χ3n) is 2.41. The first-order valence-electron chi connectivity index (χ1n) is 5.04. The Balaban J connectivity index is 0.00000162. The van der Waals surface area contributed by atoms with Crippen molar-refractivity contribution >= 4 is 30.0 Å². The molecule has 1 aliphatic rings. The van der Waals surface area contributed by atoms with Gasteiger partial charge in [-0.1, -0.05) is 11.6 Å². The maximum atomic E-state index is 12.5. The molecule has 0 amide bonds. The minimum atomic E-state index is -4.57. The molecule has 2 heterocycles. The van der Waals surface area contributed by atoms with Crippen LogP contribution in [0.5, 0.6) is 0 Å². The van der Waals surface area contributed by atoms with E-state index in [0.717, 1.165) is 19.2 Å². The number of rotatable bonds is 2. The highest BCUT2D eigenvalue weighted by Gasteiger charge is 2.36. The second-order valence-electron chi connectivity index (χ2n) is 3.72. The zero-order valence-electron chi connectivity index (χ0n) is 9.09. The van der Waals surface area contributed by atoms with E-state index >= 15 is 0 Å². The highest BCUT2D eigenvalue weighted by atomic mass is 35.5. The molecule has 0 aliphatic carbocycles. The number of nitrogens with zero attached hydrogens (tertiary/aromatic N) is 2. The summed E-state index contributed by atoms with van der Waals surface area (Å²) >= 11 is 5.41. The lowest BCUT2D eigenvalue weighted by Crippen LogP contribution is -2.24. The maximum Gasteiger partial charge on any atom is 0.435 e. The van der Waals surface area contributed by atoms with Gasteiger partial charge in [0, 0.05) is 12.6 Å². The summed E-state index contributed by atoms with van der Waals surface area (Å²) in [4.78, 5) is 7.13. The van der Waals surface area contributed by atoms with Gasteiger partial charge in [0.2, 0.25) is 5.95 Å². The molecule has 0 aromatic carbocycles. The number of nitrogens with one attached hydrogen (secondary N) is 2. The summed E-state index contributed by atoms with van der Waals surface area (Å²) in [7, 11) is 0. The molecule has 0 saturated carbocycles. The van der Waals surface area contributed by atoms with E-state index in [2.05, 4.69) is 20.6 Å². The zero-order chi connectivity index (χ0) is 12.5. The summed E-state index contributed by atoms with van der Waals surface area (Å²) in [6, 6.07) is 0.0530. The Hall–Kier alpha value is -0.790. The SMILES string of the molecule is Cl.FC(F)(F)c1nc(N[C@@H]2CCNC2)ncc1Cl. The molecule has 4 nitrogen and oxygen atoms in total. The van der Waals surface area contributed by atoms with Crippen LogP contribution in [0, 0.1) is 0 Å². The molecule has 1 aliphatic heterocycles. The van der Waals surface area contributed by atoms with E-state index < -0.39 is 16.9 Å². The van der Waals surface area contributed by atoms with Gasteiger partial charge >= 0.3 is 6.18 Å². The van der Waals surface area contributed by atoms with Gasteiger partial charge in [0.1, 0.15) is 0 Å². The summed E-state index contributed by atoms with van der Waals surface area (Å²) < 4.78 is 37.6. The first-order chi connectivity index (χ1) is 7.97. The summed E-state index contributed by atoms with van der Waals surface area (Å²) in [5, 5.41) is 5.43. The number of hydrogen-bond acceptors (Lipinski definition) is 4. The Labute approximate surface area is 113 Å². The van der Waals surface area contributed by atoms with E-state index in [1.165, 1.54) is 0 Å². The standard InChI is InChI=1S/C9H10ClF3N4.ClH/c10-6-4-15-8(16-5-1-2-14-3-5)17-7(6)9(11,12)13;/h4-5,14H,1-3H2,(H,15,16,17);1H/t5-;/m1./s1. The van der Waals surface area contributed by atoms with E-state index in [4.69, 9.17) is 11.6 Å². The Kier molecular flexibility index (Phi) is 5.01. The van der Waals surface area contributed by atoms with E-state index in [-0.39, 0.29) is 24.4 Å². The minimum absolute atomic E-state index is 0. The minimum Gasteiger partial charge on any atom is -0.350 e. The lowest BCUT2D eigenvalue weighted by atomic mass is 10.3. The molecule has 0 spiro atoms. The van der Waals surface area contributed by atoms with Crippen LogP contribution in [0.3, 0.4) is 0 Å². The molecular formula is C9H11Cl2F3N4. The molecule has 0 radical (unpaired) electrons. The predicted octanol–water partition coefficient (Wildman–Crippen LogP) is 2.34. The smallest absolute Gasteiger partial charge is 0.350 e. The van der Waals surface area contributed by atoms with Crippen LogP contribution in [0.4, 0.5) is 19.1 Å². The van der Waals surface area contributed by atoms with Crippen molar-refractivity contribution in [2.75, 3.05) is 18.4 Å². The third-order valence-corrected chi connectivity index (χ3v) is 2.68. The van der Waals surface area contributed by atoms with Gasteiger partial charge in [0.05, 0.1) is 11.2 Å². The van der Waals surface area contributed by atoms with Crippen molar-refractivity contribution in [3.8, 4) is 0 Å². The van der Waals surface area contributed by atoms with Gasteiger partial charge in [0.15, 0.2) is 5.69 Å². The molecule has 18 heavy (non-hydrogen) atoms. The average molecular weight is 303 g/mol. The highest BCUT2D eigenvalue weighted by Crippen LogP contribution is 2.33. The van der Waals surface area contributed by atoms with Crippen molar-refractivity contribution in [2.24, 2.45) is 0 Å². The normalized spacial score (nSPS) is 19.4. The Morgan fingerprint density at radius 3 is 2.72 bits per heavy atom. The quantitative estimate of drug-likeness (QED) is 0.880. The predicted molar refractivity (Wildman–Crippen MR) is 64.2 cm³/mol. The molecular weight excluding hydrogens is 292 g/mol. The molecule has 1 atom stereocenters. The van der Waals surface area contributed by atoms with Crippen molar-refractivity contribution in [3.05, 3.63) is 16.9 Å². The van der Waals surface area contributed by atoms with Gasteiger partial charge in [-0.15, -0.1) is 12.4 Å². The molecule has 0 bridgehead atoms. The van der Waals surface area contributed by atoms with Crippen molar-refractivity contribution in [1.82, 2.24) is 15.3 Å². The van der Waals surface area contributed by atoms with Crippen LogP contribution in [-0.2, 0) is 6.18 Å². The van der Waals surface area contributed by atoms with Crippen molar-refractivity contribution in [3.63, 3.8) is 0 Å². The zero-order valence-corrected chi connectivity index (χ0v) is 10.7. The maximum absolute atomic E-state index is 12.5. The van der Waals surface area contributed by atoms with E-state index in [1.54, 1.807) is 0 Å². The highest BCUT2D eigenvalue weighted by molar-refractivity contribution is 6.31. The average Bonchev–Trinajstić information content (AvgIpc) is 2.72. The molecule has 2 rings (SSSR count). The van der Waals surface area contributed by atoms with Crippen LogP contribution in [0.25, 0.3) is 0 Å². The first kappa shape index (κ1) is 15.3. The van der Waals surface area contributed by atoms with E-state index in [1.807, 2.05) is 0 Å². The number of halogens is 5. The summed E-state index contributed by atoms with van der Waals surface area (Å²) in [6.45, 7) is 1.52. The van der Waals surface area contributed by atoms with Crippen LogP contribution in [-0.4, -0.2) is 29.1 Å². The van der Waals surface area contributed by atoms with Crippen LogP contribution in [0.2, 0.25) is 5.02 Å². The summed E-state index contributed by atoms with van der Waals surface area (Å²) in [6.07, 6.45) is -2.78. The Bertz CT molecular complexity index is 407. The summed E-state index contributed by atoms with van der Waals surface area (Å²) in [5.41, 5.74) is -1.11. The first-order valence-corrected chi connectivity index (χ1v) is 5.41. The van der Waals surface area contributed by atoms with E-state index in [0.29, 0.717) is 6.54 Å². The fraction of sp³-hybridized carbons (Fsp3) is 0.556. The van der Waals surface area contributed by atoms with Gasteiger partial charge in [-0.3, -0.25) is 0 Å². The van der Waals surface area contributed by atoms with Gasteiger partial charge in [-0.2, -0.15) is 13.2 Å². The molecule has 1 aromatic rings. The Morgan fingerprint density at radius 2 is 2.17 bits per heavy atom. The fourth-order valence-corrected chi connectivity index (χ4v) is 1.79. The molecule has 1 saturated heterocycles. The number of hydrogen-bond donors (Lipinski definition) is 2. The monoisotopic (exact) mass is 302 g/mol. The number of anilines is 1. The molecule has 2 N–H and O–H groups in total. The van der Waals surface area contributed by atoms with Crippen LogP contribution in [0.15, 0.2) is 6.20 Å². The number of aromatic nitrogens is 2. The van der Waals surface area contributed by atoms with Gasteiger partial charge in [0.25, 0.3) is 0 Å². The van der Waals surface area contributed by atoms with Crippen molar-refractivity contribution < 1.29 is 13.2 Å². The fourth-order valence-electron chi connectivity index (χ4n) is 1.60. The van der Waals surface area contributed by atoms with Gasteiger partial charge in [-0.25, -0.2) is 9.97 Å². The number of alkyl halides is 3. The van der Waals surface area contributed by atoms with Crippen LogP contribution >= 0.6 is 24.0 Å². The van der Waals surface area contributed by atoms with Gasteiger partial charge < -0.3 is 10.6 Å². The molecule has 1 aromatic heterocycles. The second kappa shape index (κ2) is 5.90. The van der Waals surface area contributed by atoms with Crippen LogP contribution < -0.4 is 10.6 Å². The van der Waals surface area contributed by atoms with E-state index in [9.17, 15) is 13.2 Å². The third kappa shape index (κ3) is 3.60. The lowest BCUT2D eigenvalue weighted by Gasteiger charge is -2.13. The molecule has 0 unspecified atom stereocenters. The van der Waals surface area contributed by atoms with Crippen molar-refractivity contribution in [1.29, 1.82) is 0 Å². The van der Waals surface area contributed by atoms with Crippen molar-refractivity contribution in [2.45, 2.75) is 18.6 Å². The molecule has 102 valence electrons. The lowest BCUT2D eigenvalue weighted by molar-refractivity contribution is -0.141. The molecule has 9 heteroatoms. The van der Waals surface area contributed by atoms with Gasteiger partial charge in [-0.05, 0) is 13.0 Å². The Morgan fingerprint density at radius 1 is 1.44 bits per heavy atom. The topological polar surface area (TPSA) is 49.8 Å². The molecule has 1 fully saturated rings.